The van der Waals surface area contributed by atoms with E-state index in [0.29, 0.717) is 0 Å². The molecule has 0 aromatic carbocycles. The first-order chi connectivity index (χ1) is 5.02. The monoisotopic (exact) mass is 149 g/mol. The fraction of sp³-hybridized carbons (Fsp3) is 0.500. The minimum atomic E-state index is 0.221. The maximum absolute atomic E-state index is 4.11. The molecular weight excluding hydrogens is 134 g/mol. The Morgan fingerprint density at radius 2 is 1.91 bits per heavy atom. The average Bonchev–Trinajstić information content (AvgIpc) is 1.86. The lowest BCUT2D eigenvalue weighted by Crippen LogP contribution is -2.13. The zero-order valence-corrected chi connectivity index (χ0v) is 7.68. The number of aryl methyl sites for hydroxylation is 1. The molecule has 1 heterocycles. The van der Waals surface area contributed by atoms with Crippen LogP contribution in [0.1, 0.15) is 31.9 Å². The Kier molecular flexibility index (Phi) is 1.99. The first-order valence-corrected chi connectivity index (χ1v) is 3.93. The van der Waals surface area contributed by atoms with Crippen molar-refractivity contribution in [2.24, 2.45) is 0 Å². The van der Waals surface area contributed by atoms with Crippen LogP contribution < -0.4 is 0 Å². The van der Waals surface area contributed by atoms with E-state index in [4.69, 9.17) is 0 Å². The standard InChI is InChI=1S/C10H15N/c1-8-5-6-11-7-9(8)10(2,3)4/h5-7H,1-4H3. The van der Waals surface area contributed by atoms with Gasteiger partial charge >= 0.3 is 0 Å². The second-order valence-corrected chi connectivity index (χ2v) is 3.94. The molecule has 0 N–H and O–H groups in total. The number of nitrogens with zero attached hydrogens (tertiary/aromatic N) is 1. The topological polar surface area (TPSA) is 12.9 Å². The second-order valence-electron chi connectivity index (χ2n) is 3.94. The van der Waals surface area contributed by atoms with Gasteiger partial charge in [-0.15, -0.1) is 0 Å². The summed E-state index contributed by atoms with van der Waals surface area (Å²) in [5, 5.41) is 0. The maximum atomic E-state index is 4.11. The molecule has 11 heavy (non-hydrogen) atoms. The summed E-state index contributed by atoms with van der Waals surface area (Å²) in [4.78, 5) is 4.11. The Morgan fingerprint density at radius 3 is 2.27 bits per heavy atom. The van der Waals surface area contributed by atoms with Crippen molar-refractivity contribution >= 4 is 0 Å². The molecule has 60 valence electrons. The largest absolute Gasteiger partial charge is 0.264 e. The van der Waals surface area contributed by atoms with E-state index in [1.807, 2.05) is 12.4 Å². The summed E-state index contributed by atoms with van der Waals surface area (Å²) in [7, 11) is 0. The molecule has 1 aromatic heterocycles. The van der Waals surface area contributed by atoms with Crippen LogP contribution in [0.3, 0.4) is 0 Å². The molecule has 1 aromatic rings. The van der Waals surface area contributed by atoms with Crippen molar-refractivity contribution in [3.05, 3.63) is 29.6 Å². The zero-order chi connectivity index (χ0) is 8.48. The lowest BCUT2D eigenvalue weighted by atomic mass is 9.86. The van der Waals surface area contributed by atoms with Gasteiger partial charge in [-0.05, 0) is 29.5 Å². The van der Waals surface area contributed by atoms with E-state index < -0.39 is 0 Å². The summed E-state index contributed by atoms with van der Waals surface area (Å²) in [6.45, 7) is 8.74. The first kappa shape index (κ1) is 8.25. The van der Waals surface area contributed by atoms with E-state index in [1.54, 1.807) is 0 Å². The van der Waals surface area contributed by atoms with Crippen molar-refractivity contribution in [2.75, 3.05) is 0 Å². The fourth-order valence-corrected chi connectivity index (χ4v) is 1.25. The van der Waals surface area contributed by atoms with E-state index in [0.717, 1.165) is 0 Å². The summed E-state index contributed by atoms with van der Waals surface area (Å²) in [6, 6.07) is 2.06. The van der Waals surface area contributed by atoms with Crippen LogP contribution in [-0.4, -0.2) is 4.98 Å². The van der Waals surface area contributed by atoms with Gasteiger partial charge in [-0.2, -0.15) is 0 Å². The third-order valence-electron chi connectivity index (χ3n) is 1.85. The van der Waals surface area contributed by atoms with Crippen molar-refractivity contribution < 1.29 is 0 Å². The summed E-state index contributed by atoms with van der Waals surface area (Å²) in [5.74, 6) is 0. The predicted octanol–water partition coefficient (Wildman–Crippen LogP) is 2.69. The minimum Gasteiger partial charge on any atom is -0.264 e. The Labute approximate surface area is 68.5 Å². The highest BCUT2D eigenvalue weighted by atomic mass is 14.6. The maximum Gasteiger partial charge on any atom is 0.0307 e. The van der Waals surface area contributed by atoms with Crippen molar-refractivity contribution in [1.29, 1.82) is 0 Å². The second kappa shape index (κ2) is 2.65. The van der Waals surface area contributed by atoms with Crippen LogP contribution in [0.25, 0.3) is 0 Å². The van der Waals surface area contributed by atoms with Gasteiger partial charge in [0.15, 0.2) is 0 Å². The smallest absolute Gasteiger partial charge is 0.0307 e. The van der Waals surface area contributed by atoms with Crippen LogP contribution in [0.5, 0.6) is 0 Å². The molecule has 0 saturated heterocycles. The molecule has 0 unspecified atom stereocenters. The third-order valence-corrected chi connectivity index (χ3v) is 1.85. The molecule has 0 saturated carbocycles. The molecule has 0 spiro atoms. The van der Waals surface area contributed by atoms with Gasteiger partial charge in [0.25, 0.3) is 0 Å². The van der Waals surface area contributed by atoms with Gasteiger partial charge in [0.05, 0.1) is 0 Å². The van der Waals surface area contributed by atoms with Gasteiger partial charge in [-0.1, -0.05) is 20.8 Å². The van der Waals surface area contributed by atoms with Crippen LogP contribution in [0.15, 0.2) is 18.5 Å². The number of hydrogen-bond acceptors (Lipinski definition) is 1. The summed E-state index contributed by atoms with van der Waals surface area (Å²) < 4.78 is 0. The number of rotatable bonds is 0. The van der Waals surface area contributed by atoms with Crippen LogP contribution in [0, 0.1) is 6.92 Å². The SMILES string of the molecule is Cc1ccncc1C(C)(C)C. The lowest BCUT2D eigenvalue weighted by molar-refractivity contribution is 0.583. The van der Waals surface area contributed by atoms with E-state index in [2.05, 4.69) is 38.7 Å². The number of pyridine rings is 1. The molecule has 0 fully saturated rings. The first-order valence-electron chi connectivity index (χ1n) is 3.93. The fourth-order valence-electron chi connectivity index (χ4n) is 1.25. The van der Waals surface area contributed by atoms with Gasteiger partial charge in [0, 0.05) is 12.4 Å². The molecule has 0 aliphatic rings. The highest BCUT2D eigenvalue weighted by Crippen LogP contribution is 2.23. The van der Waals surface area contributed by atoms with E-state index in [9.17, 15) is 0 Å². The van der Waals surface area contributed by atoms with Gasteiger partial charge < -0.3 is 0 Å². The number of hydrogen-bond donors (Lipinski definition) is 0. The van der Waals surface area contributed by atoms with E-state index >= 15 is 0 Å². The molecule has 0 atom stereocenters. The summed E-state index contributed by atoms with van der Waals surface area (Å²) in [6.07, 6.45) is 3.79. The molecule has 0 aliphatic carbocycles. The van der Waals surface area contributed by atoms with Gasteiger partial charge in [0.2, 0.25) is 0 Å². The van der Waals surface area contributed by atoms with Gasteiger partial charge in [-0.25, -0.2) is 0 Å². The molecule has 0 amide bonds. The quantitative estimate of drug-likeness (QED) is 0.552. The van der Waals surface area contributed by atoms with Crippen LogP contribution in [0.4, 0.5) is 0 Å². The molecule has 0 bridgehead atoms. The molecule has 1 rings (SSSR count). The van der Waals surface area contributed by atoms with E-state index in [1.165, 1.54) is 11.1 Å². The number of aromatic nitrogens is 1. The van der Waals surface area contributed by atoms with Crippen LogP contribution in [0.2, 0.25) is 0 Å². The Balaban J connectivity index is 3.14. The van der Waals surface area contributed by atoms with Crippen molar-refractivity contribution in [1.82, 2.24) is 4.98 Å². The van der Waals surface area contributed by atoms with Crippen molar-refractivity contribution in [3.8, 4) is 0 Å². The Morgan fingerprint density at radius 1 is 1.27 bits per heavy atom. The van der Waals surface area contributed by atoms with Gasteiger partial charge in [-0.3, -0.25) is 4.98 Å². The molecule has 0 radical (unpaired) electrons. The lowest BCUT2D eigenvalue weighted by Gasteiger charge is -2.20. The Bertz CT molecular complexity index is 245. The predicted molar refractivity (Wildman–Crippen MR) is 47.7 cm³/mol. The highest BCUT2D eigenvalue weighted by molar-refractivity contribution is 5.27. The van der Waals surface area contributed by atoms with Crippen molar-refractivity contribution in [2.45, 2.75) is 33.1 Å². The van der Waals surface area contributed by atoms with Crippen LogP contribution in [-0.2, 0) is 5.41 Å². The summed E-state index contributed by atoms with van der Waals surface area (Å²) in [5.41, 5.74) is 2.88. The normalized spacial score (nSPS) is 11.6. The Hall–Kier alpha value is -0.850. The molecule has 1 nitrogen and oxygen atoms in total. The van der Waals surface area contributed by atoms with Gasteiger partial charge in [0.1, 0.15) is 0 Å². The van der Waals surface area contributed by atoms with E-state index in [-0.39, 0.29) is 5.41 Å². The van der Waals surface area contributed by atoms with Crippen LogP contribution >= 0.6 is 0 Å². The minimum absolute atomic E-state index is 0.221. The molecular formula is C10H15N. The van der Waals surface area contributed by atoms with Crippen molar-refractivity contribution in [3.63, 3.8) is 0 Å². The molecule has 0 aliphatic heterocycles. The molecule has 1 heteroatoms. The summed E-state index contributed by atoms with van der Waals surface area (Å²) >= 11 is 0. The third kappa shape index (κ3) is 1.79. The zero-order valence-electron chi connectivity index (χ0n) is 7.68. The average molecular weight is 149 g/mol. The highest BCUT2D eigenvalue weighted by Gasteiger charge is 2.15.